The van der Waals surface area contributed by atoms with Crippen molar-refractivity contribution in [2.24, 2.45) is 5.92 Å². The molecular formula is C9H10ClNO2. The van der Waals surface area contributed by atoms with E-state index in [4.69, 9.17) is 4.74 Å². The van der Waals surface area contributed by atoms with E-state index in [9.17, 15) is 4.79 Å². The van der Waals surface area contributed by atoms with Gasteiger partial charge in [-0.1, -0.05) is 0 Å². The third-order valence-corrected chi connectivity index (χ3v) is 1.76. The van der Waals surface area contributed by atoms with Crippen LogP contribution in [-0.4, -0.2) is 11.0 Å². The summed E-state index contributed by atoms with van der Waals surface area (Å²) in [6.45, 7) is 0. The molecule has 13 heavy (non-hydrogen) atoms. The average Bonchev–Trinajstić information content (AvgIpc) is 2.88. The first-order valence-electron chi connectivity index (χ1n) is 3.98. The lowest BCUT2D eigenvalue weighted by Crippen LogP contribution is -2.09. The number of ether oxygens (including phenoxy) is 1. The van der Waals surface area contributed by atoms with Crippen molar-refractivity contribution in [3.63, 3.8) is 0 Å². The molecule has 0 amide bonds. The molecule has 3 nitrogen and oxygen atoms in total. The normalized spacial score (nSPS) is 14.5. The van der Waals surface area contributed by atoms with E-state index in [0.717, 1.165) is 12.8 Å². The van der Waals surface area contributed by atoms with Gasteiger partial charge in [0, 0.05) is 6.20 Å². The monoisotopic (exact) mass is 199 g/mol. The number of nitrogens with zero attached hydrogens (tertiary/aromatic N) is 1. The number of rotatable bonds is 2. The second-order valence-corrected chi connectivity index (χ2v) is 2.88. The fourth-order valence-electron chi connectivity index (χ4n) is 0.926. The molecule has 0 N–H and O–H groups in total. The van der Waals surface area contributed by atoms with Crippen LogP contribution in [0.5, 0.6) is 5.75 Å². The minimum atomic E-state index is -0.122. The molecule has 4 heteroatoms. The number of hydrogen-bond acceptors (Lipinski definition) is 3. The molecule has 1 aliphatic carbocycles. The molecule has 1 aromatic rings. The van der Waals surface area contributed by atoms with E-state index in [2.05, 4.69) is 4.98 Å². The summed E-state index contributed by atoms with van der Waals surface area (Å²) in [5.74, 6) is 0.558. The number of aromatic nitrogens is 1. The third kappa shape index (κ3) is 2.70. The smallest absolute Gasteiger partial charge is 0.314 e. The molecule has 1 fully saturated rings. The lowest BCUT2D eigenvalue weighted by molar-refractivity contribution is -0.135. The maximum Gasteiger partial charge on any atom is 0.314 e. The van der Waals surface area contributed by atoms with Crippen LogP contribution in [0.2, 0.25) is 0 Å². The molecule has 0 aromatic carbocycles. The Morgan fingerprint density at radius 1 is 1.54 bits per heavy atom. The van der Waals surface area contributed by atoms with Crippen LogP contribution in [0.15, 0.2) is 24.5 Å². The maximum atomic E-state index is 11.1. The first-order chi connectivity index (χ1) is 5.86. The molecule has 0 atom stereocenters. The van der Waals surface area contributed by atoms with Gasteiger partial charge in [-0.3, -0.25) is 9.78 Å². The van der Waals surface area contributed by atoms with Crippen molar-refractivity contribution in [3.05, 3.63) is 24.5 Å². The Morgan fingerprint density at radius 3 is 2.85 bits per heavy atom. The predicted octanol–water partition coefficient (Wildman–Crippen LogP) is 1.82. The highest BCUT2D eigenvalue weighted by atomic mass is 35.5. The van der Waals surface area contributed by atoms with Gasteiger partial charge in [-0.2, -0.15) is 0 Å². The summed E-state index contributed by atoms with van der Waals surface area (Å²) >= 11 is 0. The predicted molar refractivity (Wildman–Crippen MR) is 49.8 cm³/mol. The molecule has 70 valence electrons. The summed E-state index contributed by atoms with van der Waals surface area (Å²) in [7, 11) is 0. The standard InChI is InChI=1S/C9H9NO2.ClH/c11-9(7-3-4-7)12-8-2-1-5-10-6-8;/h1-2,5-7H,3-4H2;1H. The number of hydrogen-bond donors (Lipinski definition) is 0. The Labute approximate surface area is 82.5 Å². The second-order valence-electron chi connectivity index (χ2n) is 2.88. The van der Waals surface area contributed by atoms with E-state index < -0.39 is 0 Å². The number of carbonyl (C=O) groups excluding carboxylic acids is 1. The summed E-state index contributed by atoms with van der Waals surface area (Å²) in [4.78, 5) is 15.0. The van der Waals surface area contributed by atoms with E-state index >= 15 is 0 Å². The first-order valence-corrected chi connectivity index (χ1v) is 3.98. The van der Waals surface area contributed by atoms with Gasteiger partial charge < -0.3 is 4.74 Å². The third-order valence-electron chi connectivity index (χ3n) is 1.76. The summed E-state index contributed by atoms with van der Waals surface area (Å²) in [6, 6.07) is 3.47. The van der Waals surface area contributed by atoms with Crippen LogP contribution in [0.3, 0.4) is 0 Å². The van der Waals surface area contributed by atoms with Crippen LogP contribution in [0, 0.1) is 5.92 Å². The van der Waals surface area contributed by atoms with Gasteiger partial charge >= 0.3 is 5.97 Å². The van der Waals surface area contributed by atoms with Crippen molar-refractivity contribution >= 4 is 18.4 Å². The molecule has 0 aliphatic heterocycles. The van der Waals surface area contributed by atoms with E-state index in [1.54, 1.807) is 24.5 Å². The van der Waals surface area contributed by atoms with Gasteiger partial charge in [-0.15, -0.1) is 12.4 Å². The quantitative estimate of drug-likeness (QED) is 0.682. The van der Waals surface area contributed by atoms with E-state index in [1.807, 2.05) is 0 Å². The number of halogens is 1. The molecule has 0 spiro atoms. The maximum absolute atomic E-state index is 11.1. The highest BCUT2D eigenvalue weighted by molar-refractivity contribution is 5.85. The molecule has 2 rings (SSSR count). The van der Waals surface area contributed by atoms with E-state index in [0.29, 0.717) is 5.75 Å². The summed E-state index contributed by atoms with van der Waals surface area (Å²) in [5.41, 5.74) is 0. The molecule has 0 saturated heterocycles. The van der Waals surface area contributed by atoms with Crippen LogP contribution in [0.25, 0.3) is 0 Å². The van der Waals surface area contributed by atoms with E-state index in [1.165, 1.54) is 0 Å². The Bertz CT molecular complexity index is 285. The van der Waals surface area contributed by atoms with Crippen molar-refractivity contribution in [1.82, 2.24) is 4.98 Å². The van der Waals surface area contributed by atoms with Gasteiger partial charge in [0.15, 0.2) is 0 Å². The van der Waals surface area contributed by atoms with Crippen LogP contribution >= 0.6 is 12.4 Å². The minimum absolute atomic E-state index is 0. The van der Waals surface area contributed by atoms with Crippen molar-refractivity contribution < 1.29 is 9.53 Å². The van der Waals surface area contributed by atoms with Gasteiger partial charge in [0.25, 0.3) is 0 Å². The molecule has 1 aromatic heterocycles. The fourth-order valence-corrected chi connectivity index (χ4v) is 0.926. The lowest BCUT2D eigenvalue weighted by Gasteiger charge is -2.00. The molecular weight excluding hydrogens is 190 g/mol. The first kappa shape index (κ1) is 9.99. The highest BCUT2D eigenvalue weighted by Crippen LogP contribution is 2.30. The Balaban J connectivity index is 0.000000845. The Morgan fingerprint density at radius 2 is 2.31 bits per heavy atom. The van der Waals surface area contributed by atoms with Crippen molar-refractivity contribution in [2.45, 2.75) is 12.8 Å². The zero-order chi connectivity index (χ0) is 8.39. The number of carbonyl (C=O) groups is 1. The van der Waals surface area contributed by atoms with Crippen molar-refractivity contribution in [3.8, 4) is 5.75 Å². The zero-order valence-electron chi connectivity index (χ0n) is 6.97. The van der Waals surface area contributed by atoms with Crippen LogP contribution < -0.4 is 4.74 Å². The Hall–Kier alpha value is -1.09. The number of pyridine rings is 1. The van der Waals surface area contributed by atoms with Gasteiger partial charge in [0.1, 0.15) is 5.75 Å². The highest BCUT2D eigenvalue weighted by Gasteiger charge is 2.31. The largest absolute Gasteiger partial charge is 0.425 e. The van der Waals surface area contributed by atoms with Crippen molar-refractivity contribution in [2.75, 3.05) is 0 Å². The molecule has 1 saturated carbocycles. The second kappa shape index (κ2) is 4.23. The lowest BCUT2D eigenvalue weighted by atomic mass is 10.4. The van der Waals surface area contributed by atoms with Gasteiger partial charge in [0.05, 0.1) is 12.1 Å². The zero-order valence-corrected chi connectivity index (χ0v) is 7.79. The topological polar surface area (TPSA) is 39.2 Å². The van der Waals surface area contributed by atoms with Crippen LogP contribution in [-0.2, 0) is 4.79 Å². The summed E-state index contributed by atoms with van der Waals surface area (Å²) in [6.07, 6.45) is 5.13. The summed E-state index contributed by atoms with van der Waals surface area (Å²) < 4.78 is 5.04. The molecule has 0 radical (unpaired) electrons. The van der Waals surface area contributed by atoms with Gasteiger partial charge in [-0.05, 0) is 25.0 Å². The van der Waals surface area contributed by atoms with Crippen LogP contribution in [0.4, 0.5) is 0 Å². The van der Waals surface area contributed by atoms with Crippen LogP contribution in [0.1, 0.15) is 12.8 Å². The van der Waals surface area contributed by atoms with Crippen molar-refractivity contribution in [1.29, 1.82) is 0 Å². The Kier molecular flexibility index (Phi) is 3.25. The summed E-state index contributed by atoms with van der Waals surface area (Å²) in [5, 5.41) is 0. The van der Waals surface area contributed by atoms with E-state index in [-0.39, 0.29) is 24.3 Å². The van der Waals surface area contributed by atoms with Gasteiger partial charge in [0.2, 0.25) is 0 Å². The molecule has 1 aliphatic rings. The van der Waals surface area contributed by atoms with Gasteiger partial charge in [-0.25, -0.2) is 0 Å². The molecule has 1 heterocycles. The molecule has 0 bridgehead atoms. The molecule has 0 unspecified atom stereocenters. The average molecular weight is 200 g/mol. The number of esters is 1. The SMILES string of the molecule is Cl.O=C(Oc1cccnc1)C1CC1. The fraction of sp³-hybridized carbons (Fsp3) is 0.333. The minimum Gasteiger partial charge on any atom is -0.425 e.